The van der Waals surface area contributed by atoms with Crippen LogP contribution in [0.1, 0.15) is 44.5 Å². The number of hydrogen-bond donors (Lipinski definition) is 0. The molecule has 0 saturated carbocycles. The molecule has 0 amide bonds. The summed E-state index contributed by atoms with van der Waals surface area (Å²) < 4.78 is 0. The maximum Gasteiger partial charge on any atom is 0.160 e. The third-order valence-electron chi connectivity index (χ3n) is 12.6. The van der Waals surface area contributed by atoms with Gasteiger partial charge in [0, 0.05) is 16.7 Å². The van der Waals surface area contributed by atoms with Gasteiger partial charge in [0.25, 0.3) is 0 Å². The highest BCUT2D eigenvalue weighted by Crippen LogP contribution is 2.68. The van der Waals surface area contributed by atoms with Crippen molar-refractivity contribution in [3.8, 4) is 56.2 Å². The highest BCUT2D eigenvalue weighted by Gasteiger charge is 2.59. The van der Waals surface area contributed by atoms with Crippen molar-refractivity contribution in [2.75, 3.05) is 0 Å². The molecule has 12 rings (SSSR count). The van der Waals surface area contributed by atoms with E-state index in [1.54, 1.807) is 0 Å². The van der Waals surface area contributed by atoms with Crippen LogP contribution < -0.4 is 0 Å². The minimum Gasteiger partial charge on any atom is -0.228 e. The highest BCUT2D eigenvalue weighted by molar-refractivity contribution is 5.96. The van der Waals surface area contributed by atoms with Gasteiger partial charge in [-0.05, 0) is 78.9 Å². The normalized spacial score (nSPS) is 17.8. The number of hydrogen-bond acceptors (Lipinski definition) is 2. The Balaban J connectivity index is 1.15. The third kappa shape index (κ3) is 4.00. The fourth-order valence-corrected chi connectivity index (χ4v) is 10.5. The Morgan fingerprint density at radius 1 is 0.286 bits per heavy atom. The van der Waals surface area contributed by atoms with Gasteiger partial charge in [0.1, 0.15) is 0 Å². The van der Waals surface area contributed by atoms with Crippen molar-refractivity contribution < 1.29 is 0 Å². The molecular weight excluding hydrogens is 677 g/mol. The van der Waals surface area contributed by atoms with Crippen LogP contribution in [-0.4, -0.2) is 9.97 Å². The summed E-state index contributed by atoms with van der Waals surface area (Å²) in [6, 6.07) is 75.6. The molecule has 2 nitrogen and oxygen atoms in total. The molecule has 0 N–H and O–H groups in total. The standard InChI is InChI=1S/C54H34N2/c1-4-17-35(18-5-1)49-34-50(56-52(55-49)36-19-6-2-7-20-36)37-31-32-45-42(33-37)40-24-11-13-27-44(40)54(45)47-29-15-14-28-46(47)53(38-21-8-3-9-22-38)43-26-12-10-23-39(43)41-25-16-30-48(54)51(41)53/h1-34H. The van der Waals surface area contributed by atoms with Crippen molar-refractivity contribution in [3.05, 3.63) is 251 Å². The summed E-state index contributed by atoms with van der Waals surface area (Å²) in [5, 5.41) is 0. The summed E-state index contributed by atoms with van der Waals surface area (Å²) >= 11 is 0. The van der Waals surface area contributed by atoms with Gasteiger partial charge in [0.05, 0.1) is 22.2 Å². The van der Waals surface area contributed by atoms with Crippen LogP contribution in [0.15, 0.2) is 206 Å². The molecule has 2 atom stereocenters. The quantitative estimate of drug-likeness (QED) is 0.182. The lowest BCUT2D eigenvalue weighted by Crippen LogP contribution is -2.43. The molecule has 2 heteroatoms. The number of aromatic nitrogens is 2. The minimum absolute atomic E-state index is 0.452. The molecule has 56 heavy (non-hydrogen) atoms. The molecule has 0 saturated heterocycles. The molecule has 9 aromatic rings. The molecule has 3 aliphatic rings. The van der Waals surface area contributed by atoms with E-state index in [1.807, 2.05) is 24.3 Å². The molecule has 260 valence electrons. The van der Waals surface area contributed by atoms with Gasteiger partial charge >= 0.3 is 0 Å². The molecule has 1 heterocycles. The highest BCUT2D eigenvalue weighted by atomic mass is 14.9. The first kappa shape index (κ1) is 31.2. The Kier molecular flexibility index (Phi) is 6.50. The van der Waals surface area contributed by atoms with E-state index in [4.69, 9.17) is 9.97 Å². The lowest BCUT2D eigenvalue weighted by atomic mass is 9.52. The van der Waals surface area contributed by atoms with E-state index in [1.165, 1.54) is 66.8 Å². The van der Waals surface area contributed by atoms with Crippen LogP contribution in [0.2, 0.25) is 0 Å². The largest absolute Gasteiger partial charge is 0.228 e. The van der Waals surface area contributed by atoms with Gasteiger partial charge in [-0.3, -0.25) is 0 Å². The van der Waals surface area contributed by atoms with Gasteiger partial charge < -0.3 is 0 Å². The molecule has 3 aliphatic carbocycles. The van der Waals surface area contributed by atoms with Crippen molar-refractivity contribution >= 4 is 0 Å². The zero-order chi connectivity index (χ0) is 36.8. The maximum absolute atomic E-state index is 5.24. The zero-order valence-corrected chi connectivity index (χ0v) is 30.5. The lowest BCUT2D eigenvalue weighted by Gasteiger charge is -2.48. The van der Waals surface area contributed by atoms with E-state index in [0.29, 0.717) is 0 Å². The summed E-state index contributed by atoms with van der Waals surface area (Å²) in [6.45, 7) is 0. The van der Waals surface area contributed by atoms with E-state index in [9.17, 15) is 0 Å². The van der Waals surface area contributed by atoms with Crippen LogP contribution in [0.3, 0.4) is 0 Å². The predicted octanol–water partition coefficient (Wildman–Crippen LogP) is 12.5. The Bertz CT molecular complexity index is 2970. The van der Waals surface area contributed by atoms with Crippen LogP contribution in [0.25, 0.3) is 56.2 Å². The van der Waals surface area contributed by atoms with Gasteiger partial charge in [-0.15, -0.1) is 0 Å². The Morgan fingerprint density at radius 3 is 1.46 bits per heavy atom. The van der Waals surface area contributed by atoms with Crippen LogP contribution >= 0.6 is 0 Å². The van der Waals surface area contributed by atoms with E-state index in [2.05, 4.69) is 182 Å². The van der Waals surface area contributed by atoms with Gasteiger partial charge in [-0.2, -0.15) is 0 Å². The van der Waals surface area contributed by atoms with E-state index >= 15 is 0 Å². The molecular formula is C54H34N2. The van der Waals surface area contributed by atoms with Crippen molar-refractivity contribution in [3.63, 3.8) is 0 Å². The van der Waals surface area contributed by atoms with Crippen LogP contribution in [0.5, 0.6) is 0 Å². The Hall–Kier alpha value is -7.16. The zero-order valence-electron chi connectivity index (χ0n) is 30.5. The average molecular weight is 711 g/mol. The number of fused-ring (bicyclic) bond motifs is 12. The molecule has 2 unspecified atom stereocenters. The minimum atomic E-state index is -0.525. The van der Waals surface area contributed by atoms with E-state index in [0.717, 1.165) is 33.9 Å². The summed E-state index contributed by atoms with van der Waals surface area (Å²) in [7, 11) is 0. The first-order chi connectivity index (χ1) is 27.8. The maximum atomic E-state index is 5.24. The first-order valence-corrected chi connectivity index (χ1v) is 19.4. The number of nitrogens with zero attached hydrogens (tertiary/aromatic N) is 2. The summed E-state index contributed by atoms with van der Waals surface area (Å²) in [5.74, 6) is 0.720. The van der Waals surface area contributed by atoms with Gasteiger partial charge in [0.15, 0.2) is 5.82 Å². The van der Waals surface area contributed by atoms with Gasteiger partial charge in [0.2, 0.25) is 0 Å². The summed E-state index contributed by atoms with van der Waals surface area (Å²) in [6.07, 6.45) is 0. The summed E-state index contributed by atoms with van der Waals surface area (Å²) in [5.41, 5.74) is 19.8. The van der Waals surface area contributed by atoms with Crippen molar-refractivity contribution in [1.82, 2.24) is 9.97 Å². The van der Waals surface area contributed by atoms with Crippen molar-refractivity contribution in [2.24, 2.45) is 0 Å². The summed E-state index contributed by atoms with van der Waals surface area (Å²) in [4.78, 5) is 10.3. The van der Waals surface area contributed by atoms with E-state index in [-0.39, 0.29) is 0 Å². The topological polar surface area (TPSA) is 25.8 Å². The van der Waals surface area contributed by atoms with Gasteiger partial charge in [-0.25, -0.2) is 9.97 Å². The number of rotatable bonds is 4. The second kappa shape index (κ2) is 11.7. The molecule has 0 aliphatic heterocycles. The molecule has 1 aromatic heterocycles. The Labute approximate surface area is 326 Å². The average Bonchev–Trinajstić information content (AvgIpc) is 3.75. The molecule has 8 aromatic carbocycles. The lowest BCUT2D eigenvalue weighted by molar-refractivity contribution is 0.636. The monoisotopic (exact) mass is 710 g/mol. The SMILES string of the molecule is c1ccc(-c2cc(-c3ccc4c(c3)-c3ccccc3C43c4ccccc4C4(c5ccccc5)c5ccccc5-c5cccc3c54)nc(-c3ccccc3)n2)cc1. The van der Waals surface area contributed by atoms with Crippen LogP contribution in [-0.2, 0) is 10.8 Å². The fraction of sp³-hybridized carbons (Fsp3) is 0.0370. The van der Waals surface area contributed by atoms with Crippen LogP contribution in [0, 0.1) is 0 Å². The van der Waals surface area contributed by atoms with Crippen LogP contribution in [0.4, 0.5) is 0 Å². The third-order valence-corrected chi connectivity index (χ3v) is 12.6. The fourth-order valence-electron chi connectivity index (χ4n) is 10.5. The second-order valence-electron chi connectivity index (χ2n) is 15.2. The predicted molar refractivity (Wildman–Crippen MR) is 227 cm³/mol. The molecule has 0 radical (unpaired) electrons. The van der Waals surface area contributed by atoms with E-state index < -0.39 is 10.8 Å². The van der Waals surface area contributed by atoms with Crippen molar-refractivity contribution in [1.29, 1.82) is 0 Å². The second-order valence-corrected chi connectivity index (χ2v) is 15.2. The van der Waals surface area contributed by atoms with Gasteiger partial charge in [-0.1, -0.05) is 194 Å². The first-order valence-electron chi connectivity index (χ1n) is 19.4. The molecule has 0 fully saturated rings. The smallest absolute Gasteiger partial charge is 0.160 e. The number of benzene rings is 8. The van der Waals surface area contributed by atoms with Crippen molar-refractivity contribution in [2.45, 2.75) is 10.8 Å². The molecule has 1 spiro atoms. The Morgan fingerprint density at radius 2 is 0.768 bits per heavy atom. The molecule has 0 bridgehead atoms.